The summed E-state index contributed by atoms with van der Waals surface area (Å²) in [6.07, 6.45) is 2.88. The van der Waals surface area contributed by atoms with Crippen molar-refractivity contribution in [3.05, 3.63) is 42.5 Å². The van der Waals surface area contributed by atoms with E-state index in [2.05, 4.69) is 34.9 Å². The van der Waals surface area contributed by atoms with Crippen LogP contribution in [0, 0.1) is 5.92 Å². The second kappa shape index (κ2) is 11.3. The lowest BCUT2D eigenvalue weighted by Crippen LogP contribution is -2.41. The summed E-state index contributed by atoms with van der Waals surface area (Å²) >= 11 is 0. The summed E-state index contributed by atoms with van der Waals surface area (Å²) in [5, 5.41) is 3.41. The third-order valence-corrected chi connectivity index (χ3v) is 3.90. The molecule has 0 aromatic heterocycles. The summed E-state index contributed by atoms with van der Waals surface area (Å²) < 4.78 is 11.1. The van der Waals surface area contributed by atoms with E-state index >= 15 is 0 Å². The maximum absolute atomic E-state index is 5.69. The molecule has 5 nitrogen and oxygen atoms in total. The summed E-state index contributed by atoms with van der Waals surface area (Å²) in [4.78, 5) is 6.53. The van der Waals surface area contributed by atoms with E-state index in [1.165, 1.54) is 0 Å². The number of rotatable bonds is 7. The molecule has 1 heterocycles. The van der Waals surface area contributed by atoms with Gasteiger partial charge in [-0.1, -0.05) is 30.9 Å². The molecule has 0 saturated carbocycles. The number of benzene rings is 1. The van der Waals surface area contributed by atoms with Crippen molar-refractivity contribution in [3.63, 3.8) is 0 Å². The van der Waals surface area contributed by atoms with E-state index in [1.807, 2.05) is 25.2 Å². The van der Waals surface area contributed by atoms with E-state index in [0.717, 1.165) is 43.5 Å². The Labute approximate surface area is 162 Å². The first-order valence-corrected chi connectivity index (χ1v) is 8.05. The van der Waals surface area contributed by atoms with Crippen LogP contribution < -0.4 is 10.1 Å². The third-order valence-electron chi connectivity index (χ3n) is 3.90. The van der Waals surface area contributed by atoms with Gasteiger partial charge in [0.15, 0.2) is 5.96 Å². The molecule has 0 amide bonds. The summed E-state index contributed by atoms with van der Waals surface area (Å²) in [7, 11) is 3.87. The predicted octanol–water partition coefficient (Wildman–Crippen LogP) is 2.91. The standard InChI is InChI=1S/C18H27N3O2.HI/c1-4-10-23-17-8-6-5-7-16(17)12-20-18(19-2)21(3)13-15-9-11-22-14-15;/h4-8,15H,1,9-14H2,2-3H3,(H,19,20);1H. The van der Waals surface area contributed by atoms with Gasteiger partial charge in [0.1, 0.15) is 12.4 Å². The average Bonchev–Trinajstić information content (AvgIpc) is 3.07. The fraction of sp³-hybridized carbons (Fsp3) is 0.500. The Bertz CT molecular complexity index is 531. The zero-order chi connectivity index (χ0) is 16.5. The van der Waals surface area contributed by atoms with Crippen molar-refractivity contribution < 1.29 is 9.47 Å². The normalized spacial score (nSPS) is 17.1. The number of guanidine groups is 1. The van der Waals surface area contributed by atoms with E-state index in [1.54, 1.807) is 6.08 Å². The lowest BCUT2D eigenvalue weighted by molar-refractivity contribution is 0.181. The molecule has 1 N–H and O–H groups in total. The van der Waals surface area contributed by atoms with Gasteiger partial charge in [-0.15, -0.1) is 24.0 Å². The van der Waals surface area contributed by atoms with Crippen molar-refractivity contribution >= 4 is 29.9 Å². The minimum atomic E-state index is 0. The van der Waals surface area contributed by atoms with Crippen LogP contribution in [0.4, 0.5) is 0 Å². The number of nitrogens with zero attached hydrogens (tertiary/aromatic N) is 2. The number of hydrogen-bond donors (Lipinski definition) is 1. The lowest BCUT2D eigenvalue weighted by Gasteiger charge is -2.24. The van der Waals surface area contributed by atoms with E-state index in [-0.39, 0.29) is 24.0 Å². The zero-order valence-corrected chi connectivity index (χ0v) is 16.9. The Balaban J connectivity index is 0.00000288. The van der Waals surface area contributed by atoms with Gasteiger partial charge in [0.25, 0.3) is 0 Å². The number of nitrogens with one attached hydrogen (secondary N) is 1. The highest BCUT2D eigenvalue weighted by atomic mass is 127. The van der Waals surface area contributed by atoms with E-state index < -0.39 is 0 Å². The molecule has 24 heavy (non-hydrogen) atoms. The van der Waals surface area contributed by atoms with Crippen molar-refractivity contribution in [2.45, 2.75) is 13.0 Å². The summed E-state index contributed by atoms with van der Waals surface area (Å²) in [6.45, 7) is 7.54. The number of para-hydroxylation sites is 1. The average molecular weight is 445 g/mol. The van der Waals surface area contributed by atoms with Crippen LogP contribution >= 0.6 is 24.0 Å². The van der Waals surface area contributed by atoms with Gasteiger partial charge in [0, 0.05) is 45.3 Å². The number of ether oxygens (including phenoxy) is 2. The van der Waals surface area contributed by atoms with E-state index in [0.29, 0.717) is 19.1 Å². The minimum Gasteiger partial charge on any atom is -0.489 e. The maximum atomic E-state index is 5.69. The van der Waals surface area contributed by atoms with Crippen LogP contribution in [0.15, 0.2) is 41.9 Å². The highest BCUT2D eigenvalue weighted by molar-refractivity contribution is 14.0. The smallest absolute Gasteiger partial charge is 0.193 e. The monoisotopic (exact) mass is 445 g/mol. The number of hydrogen-bond acceptors (Lipinski definition) is 3. The first kappa shape index (κ1) is 20.8. The van der Waals surface area contributed by atoms with Crippen LogP contribution in [0.5, 0.6) is 5.75 Å². The summed E-state index contributed by atoms with van der Waals surface area (Å²) in [5.74, 6) is 2.35. The predicted molar refractivity (Wildman–Crippen MR) is 109 cm³/mol. The molecule has 1 aliphatic heterocycles. The van der Waals surface area contributed by atoms with Crippen LogP contribution in [-0.4, -0.2) is 51.3 Å². The van der Waals surface area contributed by atoms with Crippen molar-refractivity contribution in [2.24, 2.45) is 10.9 Å². The molecule has 1 unspecified atom stereocenters. The Morgan fingerprint density at radius 3 is 2.96 bits per heavy atom. The number of halogens is 1. The molecule has 2 rings (SSSR count). The Hall–Kier alpha value is -1.28. The molecule has 6 heteroatoms. The van der Waals surface area contributed by atoms with Crippen molar-refractivity contribution in [1.29, 1.82) is 0 Å². The van der Waals surface area contributed by atoms with E-state index in [9.17, 15) is 0 Å². The molecule has 1 aromatic carbocycles. The van der Waals surface area contributed by atoms with Gasteiger partial charge in [-0.05, 0) is 12.5 Å². The molecular formula is C18H28IN3O2. The lowest BCUT2D eigenvalue weighted by atomic mass is 10.1. The van der Waals surface area contributed by atoms with E-state index in [4.69, 9.17) is 9.47 Å². The summed E-state index contributed by atoms with van der Waals surface area (Å²) in [5.41, 5.74) is 1.10. The Morgan fingerprint density at radius 1 is 1.50 bits per heavy atom. The molecule has 134 valence electrons. The van der Waals surface area contributed by atoms with Crippen LogP contribution in [0.3, 0.4) is 0 Å². The highest BCUT2D eigenvalue weighted by Gasteiger charge is 2.19. The van der Waals surface area contributed by atoms with Crippen molar-refractivity contribution in [1.82, 2.24) is 10.2 Å². The summed E-state index contributed by atoms with van der Waals surface area (Å²) in [6, 6.07) is 8.02. The van der Waals surface area contributed by atoms with Crippen molar-refractivity contribution in [2.75, 3.05) is 40.5 Å². The SMILES string of the molecule is C=CCOc1ccccc1CNC(=NC)N(C)CC1CCOC1.I. The molecule has 0 radical (unpaired) electrons. The molecule has 0 spiro atoms. The quantitative estimate of drug-likeness (QED) is 0.304. The molecule has 1 atom stereocenters. The van der Waals surface area contributed by atoms with Crippen LogP contribution in [0.2, 0.25) is 0 Å². The van der Waals surface area contributed by atoms with Crippen LogP contribution in [0.25, 0.3) is 0 Å². The third kappa shape index (κ3) is 6.32. The first-order chi connectivity index (χ1) is 11.2. The zero-order valence-electron chi connectivity index (χ0n) is 14.5. The highest BCUT2D eigenvalue weighted by Crippen LogP contribution is 2.18. The van der Waals surface area contributed by atoms with Crippen molar-refractivity contribution in [3.8, 4) is 5.75 Å². The largest absolute Gasteiger partial charge is 0.489 e. The molecule has 1 aliphatic rings. The van der Waals surface area contributed by atoms with Gasteiger partial charge >= 0.3 is 0 Å². The second-order valence-corrected chi connectivity index (χ2v) is 5.72. The van der Waals surface area contributed by atoms with Gasteiger partial charge in [0.2, 0.25) is 0 Å². The molecule has 1 saturated heterocycles. The van der Waals surface area contributed by atoms with Gasteiger partial charge in [-0.25, -0.2) is 0 Å². The Morgan fingerprint density at radius 2 is 2.29 bits per heavy atom. The van der Waals surface area contributed by atoms with Gasteiger partial charge in [-0.2, -0.15) is 0 Å². The first-order valence-electron chi connectivity index (χ1n) is 8.05. The second-order valence-electron chi connectivity index (χ2n) is 5.72. The molecule has 0 bridgehead atoms. The Kier molecular flexibility index (Phi) is 9.78. The van der Waals surface area contributed by atoms with Gasteiger partial charge in [0.05, 0.1) is 6.61 Å². The molecule has 1 aromatic rings. The minimum absolute atomic E-state index is 0. The maximum Gasteiger partial charge on any atom is 0.193 e. The molecule has 1 fully saturated rings. The van der Waals surface area contributed by atoms with Gasteiger partial charge in [-0.3, -0.25) is 4.99 Å². The van der Waals surface area contributed by atoms with Crippen LogP contribution in [0.1, 0.15) is 12.0 Å². The fourth-order valence-corrected chi connectivity index (χ4v) is 2.70. The topological polar surface area (TPSA) is 46.1 Å². The molecular weight excluding hydrogens is 417 g/mol. The van der Waals surface area contributed by atoms with Gasteiger partial charge < -0.3 is 19.7 Å². The van der Waals surface area contributed by atoms with Crippen LogP contribution in [-0.2, 0) is 11.3 Å². The number of aliphatic imine (C=N–C) groups is 1. The fourth-order valence-electron chi connectivity index (χ4n) is 2.70. The molecule has 0 aliphatic carbocycles.